The van der Waals surface area contributed by atoms with E-state index >= 15 is 0 Å². The highest BCUT2D eigenvalue weighted by atomic mass is 19.4. The van der Waals surface area contributed by atoms with Gasteiger partial charge in [0, 0.05) is 11.1 Å². The Morgan fingerprint density at radius 2 is 1.93 bits per heavy atom. The maximum atomic E-state index is 12.7. The first-order valence-electron chi connectivity index (χ1n) is 8.55. The molecule has 0 fully saturated rings. The van der Waals surface area contributed by atoms with E-state index in [2.05, 4.69) is 10.6 Å². The molecular weight excluding hydrogens is 373 g/mol. The fourth-order valence-electron chi connectivity index (χ4n) is 2.78. The molecule has 148 valence electrons. The van der Waals surface area contributed by atoms with Gasteiger partial charge in [-0.1, -0.05) is 18.2 Å². The van der Waals surface area contributed by atoms with Gasteiger partial charge < -0.3 is 19.8 Å². The fourth-order valence-corrected chi connectivity index (χ4v) is 2.78. The Morgan fingerprint density at radius 3 is 2.64 bits per heavy atom. The van der Waals surface area contributed by atoms with E-state index in [-0.39, 0.29) is 18.1 Å². The molecule has 1 atom stereocenters. The molecule has 2 aromatic carbocycles. The number of anilines is 1. The minimum Gasteiger partial charge on any atom is -0.493 e. The van der Waals surface area contributed by atoms with Gasteiger partial charge in [0.25, 0.3) is 0 Å². The van der Waals surface area contributed by atoms with E-state index < -0.39 is 17.8 Å². The molecule has 1 amide bonds. The van der Waals surface area contributed by atoms with Crippen LogP contribution in [0.3, 0.4) is 0 Å². The molecule has 3 aromatic rings. The smallest absolute Gasteiger partial charge is 0.416 e. The van der Waals surface area contributed by atoms with Crippen molar-refractivity contribution < 1.29 is 27.1 Å². The second kappa shape index (κ2) is 7.84. The molecular formula is C20H19F3N2O3. The number of para-hydroxylation sites is 1. The lowest BCUT2D eigenvalue weighted by molar-refractivity contribution is -0.137. The number of fused-ring (bicyclic) bond motifs is 1. The summed E-state index contributed by atoms with van der Waals surface area (Å²) >= 11 is 0. The van der Waals surface area contributed by atoms with Crippen LogP contribution in [-0.2, 0) is 11.0 Å². The van der Waals surface area contributed by atoms with Crippen LogP contribution in [-0.4, -0.2) is 19.6 Å². The van der Waals surface area contributed by atoms with Crippen molar-refractivity contribution in [3.63, 3.8) is 0 Å². The van der Waals surface area contributed by atoms with Gasteiger partial charge in [0.2, 0.25) is 5.91 Å². The number of benzene rings is 2. The third-order valence-corrected chi connectivity index (χ3v) is 4.19. The zero-order valence-corrected chi connectivity index (χ0v) is 15.3. The Balaban J connectivity index is 1.62. The maximum Gasteiger partial charge on any atom is 0.416 e. The normalized spacial score (nSPS) is 12.6. The molecule has 1 aromatic heterocycles. The van der Waals surface area contributed by atoms with Crippen LogP contribution in [0.1, 0.15) is 24.3 Å². The van der Waals surface area contributed by atoms with Crippen molar-refractivity contribution in [3.05, 3.63) is 59.9 Å². The quantitative estimate of drug-likeness (QED) is 0.636. The lowest BCUT2D eigenvalue weighted by Gasteiger charge is -2.13. The third kappa shape index (κ3) is 4.39. The van der Waals surface area contributed by atoms with Gasteiger partial charge in [0.1, 0.15) is 5.76 Å². The molecule has 1 unspecified atom stereocenters. The molecule has 28 heavy (non-hydrogen) atoms. The third-order valence-electron chi connectivity index (χ3n) is 4.19. The average molecular weight is 392 g/mol. The van der Waals surface area contributed by atoms with Crippen molar-refractivity contribution in [3.8, 4) is 5.75 Å². The van der Waals surface area contributed by atoms with Crippen molar-refractivity contribution in [1.82, 2.24) is 5.32 Å². The molecule has 3 rings (SSSR count). The van der Waals surface area contributed by atoms with Gasteiger partial charge in [-0.2, -0.15) is 13.2 Å². The standard InChI is InChI=1S/C20H19F3N2O3/c1-12(17-9-13-5-3-8-16(27-2)19(13)28-17)25-18(26)11-24-15-7-4-6-14(10-15)20(21,22)23/h3-10,12,24H,11H2,1-2H3,(H,25,26). The van der Waals surface area contributed by atoms with Gasteiger partial charge >= 0.3 is 6.18 Å². The lowest BCUT2D eigenvalue weighted by atomic mass is 10.2. The van der Waals surface area contributed by atoms with Gasteiger partial charge in [-0.15, -0.1) is 0 Å². The average Bonchev–Trinajstić information content (AvgIpc) is 3.10. The number of ether oxygens (including phenoxy) is 1. The molecule has 0 saturated carbocycles. The van der Waals surface area contributed by atoms with Crippen LogP contribution in [0, 0.1) is 0 Å². The molecule has 0 radical (unpaired) electrons. The van der Waals surface area contributed by atoms with E-state index in [9.17, 15) is 18.0 Å². The van der Waals surface area contributed by atoms with Gasteiger partial charge in [-0.05, 0) is 37.3 Å². The van der Waals surface area contributed by atoms with Gasteiger partial charge in [0.05, 0.1) is 25.3 Å². The zero-order valence-electron chi connectivity index (χ0n) is 15.3. The number of methoxy groups -OCH3 is 1. The van der Waals surface area contributed by atoms with Crippen molar-refractivity contribution in [2.75, 3.05) is 19.0 Å². The molecule has 0 saturated heterocycles. The number of halogens is 3. The molecule has 2 N–H and O–H groups in total. The molecule has 1 heterocycles. The maximum absolute atomic E-state index is 12.7. The number of rotatable bonds is 6. The molecule has 8 heteroatoms. The van der Waals surface area contributed by atoms with E-state index in [0.29, 0.717) is 17.1 Å². The number of alkyl halides is 3. The molecule has 0 aliphatic heterocycles. The number of amides is 1. The van der Waals surface area contributed by atoms with E-state index in [1.165, 1.54) is 12.1 Å². The minimum atomic E-state index is -4.43. The van der Waals surface area contributed by atoms with Crippen LogP contribution < -0.4 is 15.4 Å². The van der Waals surface area contributed by atoms with E-state index in [0.717, 1.165) is 17.5 Å². The fraction of sp³-hybridized carbons (Fsp3) is 0.250. The minimum absolute atomic E-state index is 0.171. The SMILES string of the molecule is COc1cccc2cc(C(C)NC(=O)CNc3cccc(C(F)(F)F)c3)oc12. The summed E-state index contributed by atoms with van der Waals surface area (Å²) in [5.74, 6) is 0.762. The number of carbonyl (C=O) groups excluding carboxylic acids is 1. The summed E-state index contributed by atoms with van der Waals surface area (Å²) in [4.78, 5) is 12.2. The summed E-state index contributed by atoms with van der Waals surface area (Å²) in [6, 6.07) is 11.6. The molecule has 0 aliphatic carbocycles. The van der Waals surface area contributed by atoms with Crippen molar-refractivity contribution in [2.24, 2.45) is 0 Å². The Labute approximate surface area is 159 Å². The summed E-state index contributed by atoms with van der Waals surface area (Å²) in [6.45, 7) is 1.58. The molecule has 0 aliphatic rings. The zero-order chi connectivity index (χ0) is 20.3. The molecule has 5 nitrogen and oxygen atoms in total. The van der Waals surface area contributed by atoms with Crippen molar-refractivity contribution in [2.45, 2.75) is 19.1 Å². The van der Waals surface area contributed by atoms with Crippen molar-refractivity contribution >= 4 is 22.6 Å². The van der Waals surface area contributed by atoms with E-state index in [1.54, 1.807) is 20.1 Å². The topological polar surface area (TPSA) is 63.5 Å². The summed E-state index contributed by atoms with van der Waals surface area (Å²) in [7, 11) is 1.54. The van der Waals surface area contributed by atoms with Gasteiger partial charge in [-0.3, -0.25) is 4.79 Å². The monoisotopic (exact) mass is 392 g/mol. The summed E-state index contributed by atoms with van der Waals surface area (Å²) in [5, 5.41) is 6.29. The highest BCUT2D eigenvalue weighted by Crippen LogP contribution is 2.31. The second-order valence-electron chi connectivity index (χ2n) is 6.25. The Bertz CT molecular complexity index is 982. The van der Waals surface area contributed by atoms with E-state index in [4.69, 9.17) is 9.15 Å². The lowest BCUT2D eigenvalue weighted by Crippen LogP contribution is -2.31. The second-order valence-corrected chi connectivity index (χ2v) is 6.25. The van der Waals surface area contributed by atoms with Crippen LogP contribution in [0.5, 0.6) is 5.75 Å². The van der Waals surface area contributed by atoms with Gasteiger partial charge in [-0.25, -0.2) is 0 Å². The Hall–Kier alpha value is -3.16. The highest BCUT2D eigenvalue weighted by molar-refractivity contribution is 5.84. The van der Waals surface area contributed by atoms with E-state index in [1.807, 2.05) is 18.2 Å². The Kier molecular flexibility index (Phi) is 5.48. The van der Waals surface area contributed by atoms with Gasteiger partial charge in [0.15, 0.2) is 11.3 Å². The first kappa shape index (κ1) is 19.6. The summed E-state index contributed by atoms with van der Waals surface area (Å²) in [6.07, 6.45) is -4.43. The number of hydrogen-bond acceptors (Lipinski definition) is 4. The number of nitrogens with one attached hydrogen (secondary N) is 2. The Morgan fingerprint density at radius 1 is 1.18 bits per heavy atom. The molecule has 0 spiro atoms. The predicted octanol–water partition coefficient (Wildman–Crippen LogP) is 4.75. The number of hydrogen-bond donors (Lipinski definition) is 2. The van der Waals surface area contributed by atoms with Crippen LogP contribution >= 0.6 is 0 Å². The molecule has 0 bridgehead atoms. The summed E-state index contributed by atoms with van der Waals surface area (Å²) < 4.78 is 49.3. The highest BCUT2D eigenvalue weighted by Gasteiger charge is 2.30. The van der Waals surface area contributed by atoms with Crippen LogP contribution in [0.2, 0.25) is 0 Å². The van der Waals surface area contributed by atoms with Crippen LogP contribution in [0.15, 0.2) is 52.9 Å². The van der Waals surface area contributed by atoms with Crippen LogP contribution in [0.25, 0.3) is 11.0 Å². The first-order valence-corrected chi connectivity index (χ1v) is 8.55. The number of furan rings is 1. The first-order chi connectivity index (χ1) is 13.3. The predicted molar refractivity (Wildman–Crippen MR) is 99.3 cm³/mol. The van der Waals surface area contributed by atoms with Crippen LogP contribution in [0.4, 0.5) is 18.9 Å². The van der Waals surface area contributed by atoms with Crippen molar-refractivity contribution in [1.29, 1.82) is 0 Å². The number of carbonyl (C=O) groups is 1. The largest absolute Gasteiger partial charge is 0.493 e. The summed E-state index contributed by atoms with van der Waals surface area (Å²) in [5.41, 5.74) is 0.0248.